The summed E-state index contributed by atoms with van der Waals surface area (Å²) in [5.41, 5.74) is 4.63. The highest BCUT2D eigenvalue weighted by Crippen LogP contribution is 2.45. The molecule has 1 N–H and O–H groups in total. The Kier molecular flexibility index (Phi) is 7.02. The highest BCUT2D eigenvalue weighted by molar-refractivity contribution is 7.90. The number of sulfone groups is 1. The molecule has 3 heterocycles. The van der Waals surface area contributed by atoms with Gasteiger partial charge in [0, 0.05) is 35.3 Å². The Morgan fingerprint density at radius 2 is 1.94 bits per heavy atom. The normalized spacial score (nSPS) is 13.2. The molecule has 9 heteroatoms. The van der Waals surface area contributed by atoms with Gasteiger partial charge in [-0.3, -0.25) is 4.79 Å². The van der Waals surface area contributed by atoms with E-state index in [9.17, 15) is 13.2 Å². The SMILES string of the molecule is COc1cc2c(cc1OCCS(C)(=O)=O)-c1c(-c3cccs3)cc(C(=O)NCC(C)(C)C)n1CC2. The first-order valence-electron chi connectivity index (χ1n) is 11.5. The third-order valence-corrected chi connectivity index (χ3v) is 7.67. The molecule has 4 rings (SSSR count). The van der Waals surface area contributed by atoms with E-state index in [-0.39, 0.29) is 23.7 Å². The zero-order chi connectivity index (χ0) is 25.4. The van der Waals surface area contributed by atoms with E-state index in [0.29, 0.717) is 30.3 Å². The Labute approximate surface area is 211 Å². The predicted molar refractivity (Wildman–Crippen MR) is 140 cm³/mol. The fourth-order valence-electron chi connectivity index (χ4n) is 4.15. The Bertz CT molecular complexity index is 1330. The van der Waals surface area contributed by atoms with Crippen molar-refractivity contribution in [2.45, 2.75) is 33.7 Å². The van der Waals surface area contributed by atoms with E-state index >= 15 is 0 Å². The number of methoxy groups -OCH3 is 1. The number of nitrogens with one attached hydrogen (secondary N) is 1. The van der Waals surface area contributed by atoms with E-state index in [1.54, 1.807) is 18.4 Å². The van der Waals surface area contributed by atoms with Gasteiger partial charge in [0.05, 0.1) is 18.6 Å². The van der Waals surface area contributed by atoms with Gasteiger partial charge in [-0.15, -0.1) is 11.3 Å². The zero-order valence-corrected chi connectivity index (χ0v) is 22.4. The number of carbonyl (C=O) groups excluding carboxylic acids is 1. The average molecular weight is 517 g/mol. The van der Waals surface area contributed by atoms with Crippen molar-refractivity contribution >= 4 is 27.1 Å². The third kappa shape index (κ3) is 5.73. The van der Waals surface area contributed by atoms with Crippen molar-refractivity contribution in [3.63, 3.8) is 0 Å². The maximum Gasteiger partial charge on any atom is 0.267 e. The van der Waals surface area contributed by atoms with Gasteiger partial charge in [0.25, 0.3) is 5.91 Å². The second-order valence-electron chi connectivity index (χ2n) is 10.1. The molecular weight excluding hydrogens is 484 g/mol. The molecule has 0 atom stereocenters. The fraction of sp³-hybridized carbons (Fsp3) is 0.423. The van der Waals surface area contributed by atoms with Gasteiger partial charge >= 0.3 is 0 Å². The number of fused-ring (bicyclic) bond motifs is 3. The molecule has 0 spiro atoms. The van der Waals surface area contributed by atoms with Gasteiger partial charge in [-0.2, -0.15) is 0 Å². The number of carbonyl (C=O) groups is 1. The number of hydrogen-bond donors (Lipinski definition) is 1. The van der Waals surface area contributed by atoms with Gasteiger partial charge in [0.1, 0.15) is 12.3 Å². The zero-order valence-electron chi connectivity index (χ0n) is 20.8. The van der Waals surface area contributed by atoms with Gasteiger partial charge in [-0.25, -0.2) is 8.42 Å². The van der Waals surface area contributed by atoms with E-state index < -0.39 is 9.84 Å². The van der Waals surface area contributed by atoms with Gasteiger partial charge < -0.3 is 19.4 Å². The monoisotopic (exact) mass is 516 g/mol. The minimum atomic E-state index is -3.15. The quantitative estimate of drug-likeness (QED) is 0.471. The van der Waals surface area contributed by atoms with Gasteiger partial charge in [-0.05, 0) is 47.0 Å². The van der Waals surface area contributed by atoms with Crippen molar-refractivity contribution in [3.8, 4) is 33.2 Å². The smallest absolute Gasteiger partial charge is 0.267 e. The van der Waals surface area contributed by atoms with E-state index in [1.165, 1.54) is 6.26 Å². The first-order chi connectivity index (χ1) is 16.5. The molecule has 0 saturated heterocycles. The van der Waals surface area contributed by atoms with E-state index in [1.807, 2.05) is 29.6 Å². The molecule has 0 bridgehead atoms. The third-order valence-electron chi connectivity index (χ3n) is 5.86. The summed E-state index contributed by atoms with van der Waals surface area (Å²) >= 11 is 1.63. The molecule has 7 nitrogen and oxygen atoms in total. The number of amides is 1. The fourth-order valence-corrected chi connectivity index (χ4v) is 5.28. The molecule has 1 aliphatic rings. The van der Waals surface area contributed by atoms with Crippen molar-refractivity contribution in [3.05, 3.63) is 47.0 Å². The number of nitrogens with zero attached hydrogens (tertiary/aromatic N) is 1. The lowest BCUT2D eigenvalue weighted by Crippen LogP contribution is -2.33. The number of thiophene rings is 1. The molecule has 0 fully saturated rings. The van der Waals surface area contributed by atoms with E-state index in [2.05, 4.69) is 36.7 Å². The molecule has 0 saturated carbocycles. The highest BCUT2D eigenvalue weighted by atomic mass is 32.2. The summed E-state index contributed by atoms with van der Waals surface area (Å²) in [5.74, 6) is 0.881. The van der Waals surface area contributed by atoms with Crippen LogP contribution in [0, 0.1) is 5.41 Å². The second kappa shape index (κ2) is 9.70. The molecule has 188 valence electrons. The maximum absolute atomic E-state index is 13.2. The Balaban J connectivity index is 1.79. The average Bonchev–Trinajstić information content (AvgIpc) is 3.43. The molecule has 0 radical (unpaired) electrons. The van der Waals surface area contributed by atoms with Crippen LogP contribution in [-0.4, -0.2) is 51.2 Å². The second-order valence-corrected chi connectivity index (χ2v) is 13.3. The lowest BCUT2D eigenvalue weighted by atomic mass is 9.95. The highest BCUT2D eigenvalue weighted by Gasteiger charge is 2.29. The van der Waals surface area contributed by atoms with Crippen molar-refractivity contribution in [1.82, 2.24) is 9.88 Å². The Hall–Kier alpha value is -2.78. The maximum atomic E-state index is 13.2. The van der Waals surface area contributed by atoms with Crippen LogP contribution in [0.2, 0.25) is 0 Å². The summed E-state index contributed by atoms with van der Waals surface area (Å²) < 4.78 is 36.6. The molecule has 2 aromatic heterocycles. The lowest BCUT2D eigenvalue weighted by molar-refractivity contribution is 0.0930. The number of benzene rings is 1. The van der Waals surface area contributed by atoms with Crippen LogP contribution in [0.5, 0.6) is 11.5 Å². The van der Waals surface area contributed by atoms with Crippen LogP contribution < -0.4 is 14.8 Å². The van der Waals surface area contributed by atoms with E-state index in [0.717, 1.165) is 33.7 Å². The van der Waals surface area contributed by atoms with Crippen molar-refractivity contribution in [2.24, 2.45) is 5.41 Å². The van der Waals surface area contributed by atoms with Crippen LogP contribution in [-0.2, 0) is 22.8 Å². The van der Waals surface area contributed by atoms with Gasteiger partial charge in [0.15, 0.2) is 21.3 Å². The summed E-state index contributed by atoms with van der Waals surface area (Å²) in [6.07, 6.45) is 1.92. The molecule has 3 aromatic rings. The number of aromatic nitrogens is 1. The molecule has 0 aliphatic carbocycles. The summed E-state index contributed by atoms with van der Waals surface area (Å²) in [7, 11) is -1.58. The summed E-state index contributed by atoms with van der Waals surface area (Å²) in [6.45, 7) is 7.55. The van der Waals surface area contributed by atoms with Crippen LogP contribution in [0.4, 0.5) is 0 Å². The van der Waals surface area contributed by atoms with Crippen molar-refractivity contribution in [2.75, 3.05) is 32.3 Å². The first kappa shape index (κ1) is 25.3. The topological polar surface area (TPSA) is 86.6 Å². The number of ether oxygens (including phenoxy) is 2. The lowest BCUT2D eigenvalue weighted by Gasteiger charge is -2.25. The molecule has 1 amide bonds. The Morgan fingerprint density at radius 1 is 1.17 bits per heavy atom. The van der Waals surface area contributed by atoms with Crippen LogP contribution >= 0.6 is 11.3 Å². The summed E-state index contributed by atoms with van der Waals surface area (Å²) in [5, 5.41) is 5.11. The minimum absolute atomic E-state index is 0.0229. The molecular formula is C26H32N2O5S2. The minimum Gasteiger partial charge on any atom is -0.493 e. The van der Waals surface area contributed by atoms with Crippen LogP contribution in [0.1, 0.15) is 36.8 Å². The van der Waals surface area contributed by atoms with Crippen LogP contribution in [0.15, 0.2) is 35.7 Å². The van der Waals surface area contributed by atoms with Crippen LogP contribution in [0.25, 0.3) is 21.7 Å². The first-order valence-corrected chi connectivity index (χ1v) is 14.5. The molecule has 35 heavy (non-hydrogen) atoms. The molecule has 0 unspecified atom stereocenters. The van der Waals surface area contributed by atoms with Gasteiger partial charge in [0.2, 0.25) is 0 Å². The largest absolute Gasteiger partial charge is 0.493 e. The number of aryl methyl sites for hydroxylation is 1. The summed E-state index contributed by atoms with van der Waals surface area (Å²) in [4.78, 5) is 14.3. The predicted octanol–water partition coefficient (Wildman–Crippen LogP) is 4.65. The van der Waals surface area contributed by atoms with E-state index in [4.69, 9.17) is 9.47 Å². The van der Waals surface area contributed by atoms with Gasteiger partial charge in [-0.1, -0.05) is 26.8 Å². The number of rotatable bonds is 8. The molecule has 1 aromatic carbocycles. The molecule has 1 aliphatic heterocycles. The summed E-state index contributed by atoms with van der Waals surface area (Å²) in [6, 6.07) is 9.90. The standard InChI is InChI=1S/C26H32N2O5S2/c1-26(2,3)16-27-25(29)20-14-19(23-7-6-11-34-23)24-18-15-22(33-10-12-35(5,30)31)21(32-4)13-17(18)8-9-28(20)24/h6-7,11,13-15H,8-10,12,16H2,1-5H3,(H,27,29). The van der Waals surface area contributed by atoms with Crippen molar-refractivity contribution in [1.29, 1.82) is 0 Å². The van der Waals surface area contributed by atoms with Crippen molar-refractivity contribution < 1.29 is 22.7 Å². The number of hydrogen-bond acceptors (Lipinski definition) is 6. The Morgan fingerprint density at radius 3 is 2.57 bits per heavy atom. The van der Waals surface area contributed by atoms with Crippen LogP contribution in [0.3, 0.4) is 0 Å².